The van der Waals surface area contributed by atoms with Gasteiger partial charge in [0, 0.05) is 0 Å². The highest BCUT2D eigenvalue weighted by molar-refractivity contribution is 5.25. The Balaban J connectivity index is 2.49. The molecule has 0 aliphatic carbocycles. The summed E-state index contributed by atoms with van der Waals surface area (Å²) in [4.78, 5) is 0. The second-order valence-corrected chi connectivity index (χ2v) is 4.15. The lowest BCUT2D eigenvalue weighted by atomic mass is 10.0. The van der Waals surface area contributed by atoms with E-state index >= 15 is 0 Å². The second kappa shape index (κ2) is 6.41. The molecule has 2 N–H and O–H groups in total. The Morgan fingerprint density at radius 3 is 2.33 bits per heavy atom. The van der Waals surface area contributed by atoms with Gasteiger partial charge in [-0.05, 0) is 36.4 Å². The maximum atomic E-state index is 5.41. The van der Waals surface area contributed by atoms with Crippen molar-refractivity contribution in [2.75, 3.05) is 6.54 Å². The zero-order valence-corrected chi connectivity index (χ0v) is 9.74. The van der Waals surface area contributed by atoms with E-state index in [-0.39, 0.29) is 0 Å². The molecule has 15 heavy (non-hydrogen) atoms. The number of benzene rings is 1. The molecule has 0 bridgehead atoms. The van der Waals surface area contributed by atoms with Crippen molar-refractivity contribution in [3.63, 3.8) is 0 Å². The third-order valence-electron chi connectivity index (χ3n) is 2.50. The first-order valence-electron chi connectivity index (χ1n) is 5.68. The lowest BCUT2D eigenvalue weighted by Gasteiger charge is -2.05. The van der Waals surface area contributed by atoms with Gasteiger partial charge in [0.05, 0.1) is 0 Å². The van der Waals surface area contributed by atoms with Crippen LogP contribution in [0, 0.1) is 0 Å². The molecule has 0 aromatic heterocycles. The third-order valence-corrected chi connectivity index (χ3v) is 2.50. The standard InChI is InChI=1S/C14H21N/c1-12(2)14-9-7-13(8-10-14)6-4-3-5-11-15/h3-4,7-10,12H,5-6,11,15H2,1-2H3. The van der Waals surface area contributed by atoms with Crippen molar-refractivity contribution in [1.82, 2.24) is 0 Å². The number of allylic oxidation sites excluding steroid dienone is 1. The SMILES string of the molecule is CC(C)c1ccc(CC=CCCN)cc1. The van der Waals surface area contributed by atoms with Crippen LogP contribution in [-0.4, -0.2) is 6.54 Å². The molecule has 0 saturated carbocycles. The Bertz CT molecular complexity index is 296. The van der Waals surface area contributed by atoms with Crippen molar-refractivity contribution < 1.29 is 0 Å². The molecule has 0 atom stereocenters. The van der Waals surface area contributed by atoms with E-state index in [0.29, 0.717) is 5.92 Å². The van der Waals surface area contributed by atoms with Crippen LogP contribution >= 0.6 is 0 Å². The van der Waals surface area contributed by atoms with Crippen molar-refractivity contribution >= 4 is 0 Å². The van der Waals surface area contributed by atoms with Gasteiger partial charge < -0.3 is 5.73 Å². The number of rotatable bonds is 5. The molecule has 0 spiro atoms. The van der Waals surface area contributed by atoms with Crippen molar-refractivity contribution in [3.8, 4) is 0 Å². The van der Waals surface area contributed by atoms with E-state index in [1.807, 2.05) is 0 Å². The van der Waals surface area contributed by atoms with Gasteiger partial charge in [-0.3, -0.25) is 0 Å². The monoisotopic (exact) mass is 203 g/mol. The Morgan fingerprint density at radius 2 is 1.80 bits per heavy atom. The van der Waals surface area contributed by atoms with Gasteiger partial charge >= 0.3 is 0 Å². The van der Waals surface area contributed by atoms with Crippen LogP contribution in [0.15, 0.2) is 36.4 Å². The Morgan fingerprint density at radius 1 is 1.13 bits per heavy atom. The molecular weight excluding hydrogens is 182 g/mol. The molecule has 0 amide bonds. The van der Waals surface area contributed by atoms with Crippen LogP contribution in [0.3, 0.4) is 0 Å². The molecule has 0 heterocycles. The highest BCUT2D eigenvalue weighted by atomic mass is 14.5. The summed E-state index contributed by atoms with van der Waals surface area (Å²) in [6, 6.07) is 8.86. The van der Waals surface area contributed by atoms with Crippen LogP contribution in [0.5, 0.6) is 0 Å². The van der Waals surface area contributed by atoms with Crippen LogP contribution in [0.25, 0.3) is 0 Å². The minimum Gasteiger partial charge on any atom is -0.330 e. The van der Waals surface area contributed by atoms with Crippen LogP contribution in [0.1, 0.15) is 37.3 Å². The van der Waals surface area contributed by atoms with E-state index in [4.69, 9.17) is 5.73 Å². The zero-order chi connectivity index (χ0) is 11.1. The molecular formula is C14H21N. The van der Waals surface area contributed by atoms with Gasteiger partial charge in [0.1, 0.15) is 0 Å². The van der Waals surface area contributed by atoms with Gasteiger partial charge in [0.2, 0.25) is 0 Å². The quantitative estimate of drug-likeness (QED) is 0.730. The summed E-state index contributed by atoms with van der Waals surface area (Å²) in [6.07, 6.45) is 6.33. The maximum Gasteiger partial charge on any atom is -0.00426 e. The Hall–Kier alpha value is -1.08. The van der Waals surface area contributed by atoms with E-state index in [9.17, 15) is 0 Å². The first-order chi connectivity index (χ1) is 7.24. The summed E-state index contributed by atoms with van der Waals surface area (Å²) >= 11 is 0. The van der Waals surface area contributed by atoms with Crippen molar-refractivity contribution in [2.45, 2.75) is 32.6 Å². The topological polar surface area (TPSA) is 26.0 Å². The zero-order valence-electron chi connectivity index (χ0n) is 9.74. The molecule has 1 heteroatoms. The van der Waals surface area contributed by atoms with E-state index in [0.717, 1.165) is 19.4 Å². The number of nitrogens with two attached hydrogens (primary N) is 1. The minimum atomic E-state index is 0.617. The summed E-state index contributed by atoms with van der Waals surface area (Å²) in [5.74, 6) is 0.617. The van der Waals surface area contributed by atoms with E-state index in [2.05, 4.69) is 50.3 Å². The first kappa shape index (κ1) is 12.0. The molecule has 0 fully saturated rings. The maximum absolute atomic E-state index is 5.41. The van der Waals surface area contributed by atoms with E-state index < -0.39 is 0 Å². The summed E-state index contributed by atoms with van der Waals surface area (Å²) < 4.78 is 0. The smallest absolute Gasteiger partial charge is 0.00426 e. The van der Waals surface area contributed by atoms with Crippen LogP contribution in [0.2, 0.25) is 0 Å². The predicted molar refractivity (Wildman–Crippen MR) is 67.0 cm³/mol. The van der Waals surface area contributed by atoms with Crippen molar-refractivity contribution in [1.29, 1.82) is 0 Å². The highest BCUT2D eigenvalue weighted by Crippen LogP contribution is 2.14. The van der Waals surface area contributed by atoms with Gasteiger partial charge in [-0.15, -0.1) is 0 Å². The molecule has 0 radical (unpaired) electrons. The molecule has 1 aromatic rings. The molecule has 0 unspecified atom stereocenters. The molecule has 1 nitrogen and oxygen atoms in total. The minimum absolute atomic E-state index is 0.617. The fourth-order valence-electron chi connectivity index (χ4n) is 1.47. The first-order valence-corrected chi connectivity index (χ1v) is 5.68. The van der Waals surface area contributed by atoms with Gasteiger partial charge in [-0.1, -0.05) is 50.3 Å². The van der Waals surface area contributed by atoms with Crippen molar-refractivity contribution in [3.05, 3.63) is 47.5 Å². The summed E-state index contributed by atoms with van der Waals surface area (Å²) in [7, 11) is 0. The molecule has 1 rings (SSSR count). The summed E-state index contributed by atoms with van der Waals surface area (Å²) in [5, 5.41) is 0. The van der Waals surface area contributed by atoms with Crippen molar-refractivity contribution in [2.24, 2.45) is 5.73 Å². The van der Waals surface area contributed by atoms with Crippen LogP contribution in [0.4, 0.5) is 0 Å². The normalized spacial score (nSPS) is 11.5. The van der Waals surface area contributed by atoms with Crippen LogP contribution < -0.4 is 5.73 Å². The Kier molecular flexibility index (Phi) is 5.13. The average molecular weight is 203 g/mol. The van der Waals surface area contributed by atoms with Gasteiger partial charge in [-0.2, -0.15) is 0 Å². The molecule has 0 aliphatic heterocycles. The largest absolute Gasteiger partial charge is 0.330 e. The van der Waals surface area contributed by atoms with Gasteiger partial charge in [0.15, 0.2) is 0 Å². The van der Waals surface area contributed by atoms with Gasteiger partial charge in [-0.25, -0.2) is 0 Å². The molecule has 0 aliphatic rings. The summed E-state index contributed by atoms with van der Waals surface area (Å²) in [5.41, 5.74) is 8.19. The summed E-state index contributed by atoms with van der Waals surface area (Å²) in [6.45, 7) is 5.18. The fraction of sp³-hybridized carbons (Fsp3) is 0.429. The third kappa shape index (κ3) is 4.30. The predicted octanol–water partition coefficient (Wildman–Crippen LogP) is 3.26. The second-order valence-electron chi connectivity index (χ2n) is 4.15. The highest BCUT2D eigenvalue weighted by Gasteiger charge is 1.97. The molecule has 1 aromatic carbocycles. The lowest BCUT2D eigenvalue weighted by Crippen LogP contribution is -1.95. The molecule has 82 valence electrons. The fourth-order valence-corrected chi connectivity index (χ4v) is 1.47. The number of hydrogen-bond acceptors (Lipinski definition) is 1. The van der Waals surface area contributed by atoms with E-state index in [1.165, 1.54) is 11.1 Å². The van der Waals surface area contributed by atoms with Crippen LogP contribution in [-0.2, 0) is 6.42 Å². The number of hydrogen-bond donors (Lipinski definition) is 1. The average Bonchev–Trinajstić information content (AvgIpc) is 2.25. The Labute approximate surface area is 93.0 Å². The molecule has 0 saturated heterocycles. The lowest BCUT2D eigenvalue weighted by molar-refractivity contribution is 0.865. The van der Waals surface area contributed by atoms with Gasteiger partial charge in [0.25, 0.3) is 0 Å². The van der Waals surface area contributed by atoms with E-state index in [1.54, 1.807) is 0 Å².